The molecular formula is C20H20O2. The molecule has 0 bridgehead atoms. The molecule has 0 fully saturated rings. The predicted octanol–water partition coefficient (Wildman–Crippen LogP) is 4.55. The van der Waals surface area contributed by atoms with Gasteiger partial charge in [0.1, 0.15) is 12.6 Å². The predicted molar refractivity (Wildman–Crippen MR) is 88.7 cm³/mol. The number of carbonyl (C=O) groups excluding carboxylic acids is 2. The van der Waals surface area contributed by atoms with Crippen LogP contribution in [0.3, 0.4) is 0 Å². The van der Waals surface area contributed by atoms with Gasteiger partial charge in [0.25, 0.3) is 0 Å². The minimum Gasteiger partial charge on any atom is -0.298 e. The number of aldehydes is 2. The Labute approximate surface area is 131 Å². The molecule has 1 aliphatic rings. The fourth-order valence-electron chi connectivity index (χ4n) is 3.45. The van der Waals surface area contributed by atoms with E-state index in [-0.39, 0.29) is 10.8 Å². The number of fused-ring (bicyclic) bond motifs is 3. The first-order valence-corrected chi connectivity index (χ1v) is 7.52. The molecule has 0 saturated heterocycles. The molecule has 0 heterocycles. The molecule has 0 amide bonds. The highest BCUT2D eigenvalue weighted by atomic mass is 16.1. The molecule has 2 heteroatoms. The van der Waals surface area contributed by atoms with E-state index in [1.54, 1.807) is 0 Å². The second kappa shape index (κ2) is 4.64. The lowest BCUT2D eigenvalue weighted by Gasteiger charge is -2.48. The Morgan fingerprint density at radius 3 is 1.36 bits per heavy atom. The Morgan fingerprint density at radius 2 is 1.05 bits per heavy atom. The number of rotatable bonds is 2. The van der Waals surface area contributed by atoms with Crippen LogP contribution in [0.4, 0.5) is 0 Å². The summed E-state index contributed by atoms with van der Waals surface area (Å²) in [6, 6.07) is 11.8. The van der Waals surface area contributed by atoms with Gasteiger partial charge < -0.3 is 0 Å². The van der Waals surface area contributed by atoms with Crippen LogP contribution >= 0.6 is 0 Å². The molecule has 0 aliphatic heterocycles. The van der Waals surface area contributed by atoms with Crippen molar-refractivity contribution < 1.29 is 9.59 Å². The van der Waals surface area contributed by atoms with E-state index in [2.05, 4.69) is 27.7 Å². The Kier molecular flexibility index (Phi) is 3.10. The molecule has 0 radical (unpaired) electrons. The standard InChI is InChI=1S/C20H20O2/c1-19(2)17-9-13(11-21)5-7-15(17)16-8-6-14(12-22)10-18(16)20(19,3)4/h5-12H,1-4H3. The molecule has 2 nitrogen and oxygen atoms in total. The smallest absolute Gasteiger partial charge is 0.150 e. The molecule has 22 heavy (non-hydrogen) atoms. The van der Waals surface area contributed by atoms with Gasteiger partial charge >= 0.3 is 0 Å². The van der Waals surface area contributed by atoms with E-state index in [0.717, 1.165) is 23.7 Å². The maximum atomic E-state index is 11.2. The molecule has 0 unspecified atom stereocenters. The molecule has 1 aliphatic carbocycles. The van der Waals surface area contributed by atoms with Gasteiger partial charge in [0.15, 0.2) is 0 Å². The number of carbonyl (C=O) groups is 2. The number of benzene rings is 2. The van der Waals surface area contributed by atoms with Gasteiger partial charge in [0, 0.05) is 11.1 Å². The topological polar surface area (TPSA) is 34.1 Å². The molecule has 0 N–H and O–H groups in total. The Balaban J connectivity index is 2.40. The molecule has 3 rings (SSSR count). The lowest BCUT2D eigenvalue weighted by molar-refractivity contribution is 0.111. The number of hydrogen-bond acceptors (Lipinski definition) is 2. The molecule has 2 aromatic carbocycles. The molecule has 112 valence electrons. The molecule has 0 saturated carbocycles. The SMILES string of the molecule is CC1(C)c2cc(C=O)ccc2-c2ccc(C=O)cc2C1(C)C. The highest BCUT2D eigenvalue weighted by molar-refractivity contribution is 5.85. The molecule has 0 spiro atoms. The zero-order valence-corrected chi connectivity index (χ0v) is 13.4. The van der Waals surface area contributed by atoms with Crippen molar-refractivity contribution in [3.8, 4) is 11.1 Å². The first-order chi connectivity index (χ1) is 10.3. The summed E-state index contributed by atoms with van der Waals surface area (Å²) in [6.45, 7) is 8.82. The molecule has 0 aromatic heterocycles. The zero-order chi connectivity index (χ0) is 16.1. The summed E-state index contributed by atoms with van der Waals surface area (Å²) in [5.41, 5.74) is 5.81. The van der Waals surface area contributed by atoms with E-state index in [1.165, 1.54) is 11.1 Å². The zero-order valence-electron chi connectivity index (χ0n) is 13.4. The van der Waals surface area contributed by atoms with E-state index in [4.69, 9.17) is 0 Å². The van der Waals surface area contributed by atoms with Crippen molar-refractivity contribution >= 4 is 12.6 Å². The normalized spacial score (nSPS) is 17.3. The Morgan fingerprint density at radius 1 is 0.682 bits per heavy atom. The summed E-state index contributed by atoms with van der Waals surface area (Å²) in [5, 5.41) is 0. The van der Waals surface area contributed by atoms with Crippen molar-refractivity contribution in [2.24, 2.45) is 0 Å². The first kappa shape index (κ1) is 14.7. The van der Waals surface area contributed by atoms with Gasteiger partial charge in [-0.1, -0.05) is 52.0 Å². The summed E-state index contributed by atoms with van der Waals surface area (Å²) >= 11 is 0. The summed E-state index contributed by atoms with van der Waals surface area (Å²) < 4.78 is 0. The van der Waals surface area contributed by atoms with Crippen LogP contribution in [-0.2, 0) is 10.8 Å². The fourth-order valence-corrected chi connectivity index (χ4v) is 3.45. The van der Waals surface area contributed by atoms with Gasteiger partial charge in [0.2, 0.25) is 0 Å². The maximum Gasteiger partial charge on any atom is 0.150 e. The third-order valence-electron chi connectivity index (χ3n) is 5.56. The van der Waals surface area contributed by atoms with Crippen LogP contribution in [0.25, 0.3) is 11.1 Å². The summed E-state index contributed by atoms with van der Waals surface area (Å²) in [5.74, 6) is 0. The summed E-state index contributed by atoms with van der Waals surface area (Å²) in [4.78, 5) is 22.3. The average molecular weight is 292 g/mol. The van der Waals surface area contributed by atoms with E-state index in [0.29, 0.717) is 11.1 Å². The molecular weight excluding hydrogens is 272 g/mol. The van der Waals surface area contributed by atoms with Crippen molar-refractivity contribution in [2.75, 3.05) is 0 Å². The van der Waals surface area contributed by atoms with Gasteiger partial charge in [0.05, 0.1) is 0 Å². The maximum absolute atomic E-state index is 11.2. The van der Waals surface area contributed by atoms with E-state index >= 15 is 0 Å². The lowest BCUT2D eigenvalue weighted by atomic mass is 9.55. The van der Waals surface area contributed by atoms with Crippen LogP contribution in [0, 0.1) is 0 Å². The first-order valence-electron chi connectivity index (χ1n) is 7.52. The Hall–Kier alpha value is -2.22. The monoisotopic (exact) mass is 292 g/mol. The lowest BCUT2D eigenvalue weighted by Crippen LogP contribution is -2.43. The van der Waals surface area contributed by atoms with Crippen molar-refractivity contribution in [1.29, 1.82) is 0 Å². The summed E-state index contributed by atoms with van der Waals surface area (Å²) in [6.07, 6.45) is 1.79. The van der Waals surface area contributed by atoms with Gasteiger partial charge in [-0.15, -0.1) is 0 Å². The van der Waals surface area contributed by atoms with Gasteiger partial charge in [-0.3, -0.25) is 9.59 Å². The van der Waals surface area contributed by atoms with Crippen LogP contribution in [0.5, 0.6) is 0 Å². The van der Waals surface area contributed by atoms with E-state index in [9.17, 15) is 9.59 Å². The van der Waals surface area contributed by atoms with E-state index in [1.807, 2.05) is 36.4 Å². The minimum atomic E-state index is -0.143. The quantitative estimate of drug-likeness (QED) is 0.761. The van der Waals surface area contributed by atoms with Crippen LogP contribution in [-0.4, -0.2) is 12.6 Å². The fraction of sp³-hybridized carbons (Fsp3) is 0.300. The van der Waals surface area contributed by atoms with Crippen molar-refractivity contribution in [3.05, 3.63) is 58.7 Å². The third-order valence-corrected chi connectivity index (χ3v) is 5.56. The van der Waals surface area contributed by atoms with Crippen molar-refractivity contribution in [2.45, 2.75) is 38.5 Å². The Bertz CT molecular complexity index is 715. The molecule has 2 aromatic rings. The highest BCUT2D eigenvalue weighted by Gasteiger charge is 2.45. The highest BCUT2D eigenvalue weighted by Crippen LogP contribution is 2.53. The van der Waals surface area contributed by atoms with Crippen molar-refractivity contribution in [1.82, 2.24) is 0 Å². The van der Waals surface area contributed by atoms with Crippen LogP contribution in [0.2, 0.25) is 0 Å². The van der Waals surface area contributed by atoms with Gasteiger partial charge in [-0.05, 0) is 45.2 Å². The van der Waals surface area contributed by atoms with Crippen LogP contribution in [0.1, 0.15) is 59.5 Å². The summed E-state index contributed by atoms with van der Waals surface area (Å²) in [7, 11) is 0. The number of hydrogen-bond donors (Lipinski definition) is 0. The van der Waals surface area contributed by atoms with Crippen LogP contribution in [0.15, 0.2) is 36.4 Å². The van der Waals surface area contributed by atoms with Gasteiger partial charge in [-0.25, -0.2) is 0 Å². The average Bonchev–Trinajstić information content (AvgIpc) is 2.52. The molecule has 0 atom stereocenters. The van der Waals surface area contributed by atoms with Crippen molar-refractivity contribution in [3.63, 3.8) is 0 Å². The minimum absolute atomic E-state index is 0.143. The second-order valence-electron chi connectivity index (χ2n) is 7.10. The third kappa shape index (κ3) is 1.80. The second-order valence-corrected chi connectivity index (χ2v) is 7.10. The largest absolute Gasteiger partial charge is 0.298 e. The van der Waals surface area contributed by atoms with E-state index < -0.39 is 0 Å². The van der Waals surface area contributed by atoms with Crippen LogP contribution < -0.4 is 0 Å². The van der Waals surface area contributed by atoms with Gasteiger partial charge in [-0.2, -0.15) is 0 Å².